The van der Waals surface area contributed by atoms with Crippen molar-refractivity contribution in [1.29, 1.82) is 0 Å². The molecule has 4 rings (SSSR count). The summed E-state index contributed by atoms with van der Waals surface area (Å²) >= 11 is 0. The van der Waals surface area contributed by atoms with Crippen molar-refractivity contribution in [1.82, 2.24) is 0 Å². The normalized spacial score (nSPS) is 10.7. The molecular formula is C29H30N2O4. The van der Waals surface area contributed by atoms with E-state index in [1.165, 1.54) is 0 Å². The predicted octanol–water partition coefficient (Wildman–Crippen LogP) is 6.10. The van der Waals surface area contributed by atoms with Crippen molar-refractivity contribution in [3.05, 3.63) is 95.6 Å². The van der Waals surface area contributed by atoms with Crippen LogP contribution in [0.2, 0.25) is 0 Å². The number of ether oxygens (including phenoxy) is 2. The Labute approximate surface area is 205 Å². The van der Waals surface area contributed by atoms with Crippen molar-refractivity contribution in [3.63, 3.8) is 0 Å². The number of nitrogens with one attached hydrogen (secondary N) is 2. The topological polar surface area (TPSA) is 79.8 Å². The van der Waals surface area contributed by atoms with Crippen LogP contribution in [-0.2, 0) is 24.3 Å². The molecule has 0 saturated carbocycles. The van der Waals surface area contributed by atoms with Crippen LogP contribution in [0.15, 0.2) is 78.9 Å². The fraction of sp³-hybridized carbons (Fsp3) is 0.207. The second-order valence-electron chi connectivity index (χ2n) is 8.30. The molecular weight excluding hydrogens is 440 g/mol. The van der Waals surface area contributed by atoms with E-state index in [2.05, 4.69) is 28.8 Å². The molecule has 0 radical (unpaired) electrons. The van der Waals surface area contributed by atoms with Crippen LogP contribution in [0.5, 0.6) is 11.5 Å². The average molecular weight is 471 g/mol. The molecule has 0 fully saturated rings. The van der Waals surface area contributed by atoms with Crippen LogP contribution in [0.25, 0.3) is 10.8 Å². The number of aryl methyl sites for hydroxylation is 1. The highest BCUT2D eigenvalue weighted by atomic mass is 16.5. The van der Waals surface area contributed by atoms with Crippen LogP contribution < -0.4 is 20.1 Å². The lowest BCUT2D eigenvalue weighted by atomic mass is 9.98. The first kappa shape index (κ1) is 24.0. The summed E-state index contributed by atoms with van der Waals surface area (Å²) in [5, 5.41) is 18.6. The third-order valence-corrected chi connectivity index (χ3v) is 6.00. The smallest absolute Gasteiger partial charge is 0.303 e. The summed E-state index contributed by atoms with van der Waals surface area (Å²) in [5.74, 6) is 0.822. The van der Waals surface area contributed by atoms with Gasteiger partial charge >= 0.3 is 5.97 Å². The fourth-order valence-corrected chi connectivity index (χ4v) is 4.10. The number of carboxylic acids is 1. The van der Waals surface area contributed by atoms with Crippen molar-refractivity contribution < 1.29 is 19.4 Å². The molecule has 0 heterocycles. The molecule has 0 unspecified atom stereocenters. The van der Waals surface area contributed by atoms with Gasteiger partial charge in [0, 0.05) is 41.7 Å². The first-order chi connectivity index (χ1) is 17.1. The van der Waals surface area contributed by atoms with E-state index in [1.54, 1.807) is 14.2 Å². The second kappa shape index (κ2) is 11.3. The number of carboxylic acid groups (broad SMARTS) is 1. The molecule has 0 spiro atoms. The van der Waals surface area contributed by atoms with Crippen LogP contribution >= 0.6 is 0 Å². The van der Waals surface area contributed by atoms with E-state index in [9.17, 15) is 9.90 Å². The number of benzene rings is 4. The molecule has 3 N–H and O–H groups in total. The third-order valence-electron chi connectivity index (χ3n) is 6.00. The standard InChI is InChI=1S/C29H30N2O4/c1-34-23-12-7-20(8-13-23)18-30-27-17-22(11-16-28(32)33)29(26-6-4-3-5-25(26)27)31-19-21-9-14-24(35-2)15-10-21/h3-10,12-15,17,30-31H,11,16,18-19H2,1-2H3,(H,32,33). The molecule has 6 heteroatoms. The molecule has 0 aliphatic carbocycles. The SMILES string of the molecule is COc1ccc(CNc2cc(CCC(=O)O)c(NCc3ccc(OC)cc3)c3ccccc23)cc1. The first-order valence-corrected chi connectivity index (χ1v) is 11.6. The number of aliphatic carboxylic acids is 1. The number of rotatable bonds is 11. The Morgan fingerprint density at radius 3 is 1.86 bits per heavy atom. The van der Waals surface area contributed by atoms with Gasteiger partial charge in [-0.05, 0) is 53.4 Å². The zero-order chi connectivity index (χ0) is 24.6. The van der Waals surface area contributed by atoms with E-state index >= 15 is 0 Å². The van der Waals surface area contributed by atoms with Gasteiger partial charge in [-0.25, -0.2) is 0 Å². The number of hydrogen-bond acceptors (Lipinski definition) is 5. The van der Waals surface area contributed by atoms with Gasteiger partial charge in [-0.3, -0.25) is 4.79 Å². The van der Waals surface area contributed by atoms with Crippen LogP contribution in [-0.4, -0.2) is 25.3 Å². The molecule has 0 saturated heterocycles. The Kier molecular flexibility index (Phi) is 7.73. The van der Waals surface area contributed by atoms with Crippen LogP contribution in [0, 0.1) is 0 Å². The Hall–Kier alpha value is -4.19. The molecule has 35 heavy (non-hydrogen) atoms. The highest BCUT2D eigenvalue weighted by molar-refractivity contribution is 6.03. The van der Waals surface area contributed by atoms with Crippen molar-refractivity contribution in [2.45, 2.75) is 25.9 Å². The van der Waals surface area contributed by atoms with Gasteiger partial charge in [-0.1, -0.05) is 48.5 Å². The lowest BCUT2D eigenvalue weighted by Gasteiger charge is -2.19. The lowest BCUT2D eigenvalue weighted by molar-refractivity contribution is -0.136. The second-order valence-corrected chi connectivity index (χ2v) is 8.30. The fourth-order valence-electron chi connectivity index (χ4n) is 4.10. The summed E-state index contributed by atoms with van der Waals surface area (Å²) < 4.78 is 10.5. The zero-order valence-corrected chi connectivity index (χ0v) is 20.0. The summed E-state index contributed by atoms with van der Waals surface area (Å²) in [6, 6.07) is 26.1. The number of methoxy groups -OCH3 is 2. The van der Waals surface area contributed by atoms with Gasteiger partial charge in [0.1, 0.15) is 11.5 Å². The van der Waals surface area contributed by atoms with Gasteiger partial charge < -0.3 is 25.2 Å². The van der Waals surface area contributed by atoms with E-state index in [0.717, 1.165) is 50.3 Å². The van der Waals surface area contributed by atoms with E-state index in [4.69, 9.17) is 9.47 Å². The van der Waals surface area contributed by atoms with Crippen molar-refractivity contribution in [3.8, 4) is 11.5 Å². The van der Waals surface area contributed by atoms with Crippen LogP contribution in [0.4, 0.5) is 11.4 Å². The summed E-state index contributed by atoms with van der Waals surface area (Å²) in [6.07, 6.45) is 0.496. The Balaban J connectivity index is 1.64. The van der Waals surface area contributed by atoms with Gasteiger partial charge in [-0.15, -0.1) is 0 Å². The molecule has 0 aliphatic rings. The van der Waals surface area contributed by atoms with Gasteiger partial charge in [0.25, 0.3) is 0 Å². The molecule has 0 amide bonds. The van der Waals surface area contributed by atoms with Gasteiger partial charge in [0.05, 0.1) is 14.2 Å². The summed E-state index contributed by atoms with van der Waals surface area (Å²) in [5.41, 5.74) is 5.15. The molecule has 4 aromatic rings. The van der Waals surface area contributed by atoms with E-state index < -0.39 is 5.97 Å². The van der Waals surface area contributed by atoms with Gasteiger partial charge in [0.15, 0.2) is 0 Å². The number of hydrogen-bond donors (Lipinski definition) is 3. The number of carbonyl (C=O) groups is 1. The van der Waals surface area contributed by atoms with Crippen LogP contribution in [0.1, 0.15) is 23.1 Å². The Bertz CT molecular complexity index is 1280. The van der Waals surface area contributed by atoms with E-state index in [-0.39, 0.29) is 6.42 Å². The van der Waals surface area contributed by atoms with E-state index in [0.29, 0.717) is 19.5 Å². The monoisotopic (exact) mass is 470 g/mol. The summed E-state index contributed by atoms with van der Waals surface area (Å²) in [4.78, 5) is 11.4. The molecule has 4 aromatic carbocycles. The van der Waals surface area contributed by atoms with Gasteiger partial charge in [0.2, 0.25) is 0 Å². The Morgan fingerprint density at radius 2 is 1.31 bits per heavy atom. The summed E-state index contributed by atoms with van der Waals surface area (Å²) in [6.45, 7) is 1.26. The first-order valence-electron chi connectivity index (χ1n) is 11.6. The molecule has 0 aliphatic heterocycles. The highest BCUT2D eigenvalue weighted by Crippen LogP contribution is 2.35. The predicted molar refractivity (Wildman–Crippen MR) is 141 cm³/mol. The molecule has 6 nitrogen and oxygen atoms in total. The minimum atomic E-state index is -0.813. The number of fused-ring (bicyclic) bond motifs is 1. The Morgan fingerprint density at radius 1 is 0.771 bits per heavy atom. The lowest BCUT2D eigenvalue weighted by Crippen LogP contribution is -2.08. The highest BCUT2D eigenvalue weighted by Gasteiger charge is 2.14. The minimum Gasteiger partial charge on any atom is -0.497 e. The number of anilines is 2. The maximum atomic E-state index is 11.4. The minimum absolute atomic E-state index is 0.0630. The van der Waals surface area contributed by atoms with Crippen molar-refractivity contribution >= 4 is 28.1 Å². The quantitative estimate of drug-likeness (QED) is 0.246. The molecule has 180 valence electrons. The van der Waals surface area contributed by atoms with Crippen molar-refractivity contribution in [2.75, 3.05) is 24.9 Å². The maximum absolute atomic E-state index is 11.4. The van der Waals surface area contributed by atoms with E-state index in [1.807, 2.05) is 60.7 Å². The van der Waals surface area contributed by atoms with Crippen molar-refractivity contribution in [2.24, 2.45) is 0 Å². The van der Waals surface area contributed by atoms with Crippen LogP contribution in [0.3, 0.4) is 0 Å². The molecule has 0 aromatic heterocycles. The largest absolute Gasteiger partial charge is 0.497 e. The zero-order valence-electron chi connectivity index (χ0n) is 20.0. The summed E-state index contributed by atoms with van der Waals surface area (Å²) in [7, 11) is 3.31. The maximum Gasteiger partial charge on any atom is 0.303 e. The average Bonchev–Trinajstić information content (AvgIpc) is 2.90. The molecule has 0 bridgehead atoms. The third kappa shape index (κ3) is 6.03. The molecule has 0 atom stereocenters. The van der Waals surface area contributed by atoms with Gasteiger partial charge in [-0.2, -0.15) is 0 Å².